The van der Waals surface area contributed by atoms with Crippen molar-refractivity contribution in [2.45, 2.75) is 187 Å². The number of rotatable bonds is 36. The molecule has 0 aromatic heterocycles. The summed E-state index contributed by atoms with van der Waals surface area (Å²) in [6.07, 6.45) is 52.7. The van der Waals surface area contributed by atoms with Crippen molar-refractivity contribution in [3.63, 3.8) is 0 Å². The SMILES string of the molecule is CC/C=C\C/C=C\C/C=C\C/C=C\CCCCCCCCCOCC(CO)OC(=O)CCCCCCC/C=C\CCCCCCCC. The summed E-state index contributed by atoms with van der Waals surface area (Å²) < 4.78 is 11.1. The molecule has 0 heterocycles. The van der Waals surface area contributed by atoms with Gasteiger partial charge in [0.1, 0.15) is 6.10 Å². The van der Waals surface area contributed by atoms with Crippen molar-refractivity contribution >= 4 is 5.97 Å². The van der Waals surface area contributed by atoms with E-state index >= 15 is 0 Å². The number of carbonyl (C=O) groups excluding carboxylic acids is 1. The average molecular weight is 657 g/mol. The predicted octanol–water partition coefficient (Wildman–Crippen LogP) is 12.9. The zero-order valence-electron chi connectivity index (χ0n) is 31.0. The molecule has 0 fully saturated rings. The van der Waals surface area contributed by atoms with E-state index in [1.54, 1.807) is 0 Å². The first-order chi connectivity index (χ1) is 23.2. The quantitative estimate of drug-likeness (QED) is 0.0414. The van der Waals surface area contributed by atoms with E-state index in [0.717, 1.165) is 57.8 Å². The summed E-state index contributed by atoms with van der Waals surface area (Å²) >= 11 is 0. The van der Waals surface area contributed by atoms with Gasteiger partial charge in [0.15, 0.2) is 0 Å². The first-order valence-electron chi connectivity index (χ1n) is 19.9. The van der Waals surface area contributed by atoms with Crippen LogP contribution in [0.25, 0.3) is 0 Å². The minimum atomic E-state index is -0.546. The van der Waals surface area contributed by atoms with Crippen LogP contribution < -0.4 is 0 Å². The molecule has 47 heavy (non-hydrogen) atoms. The van der Waals surface area contributed by atoms with Crippen LogP contribution >= 0.6 is 0 Å². The molecule has 0 saturated heterocycles. The molecular weight excluding hydrogens is 580 g/mol. The first kappa shape index (κ1) is 45.1. The molecule has 0 aliphatic carbocycles. The van der Waals surface area contributed by atoms with Gasteiger partial charge in [0, 0.05) is 13.0 Å². The van der Waals surface area contributed by atoms with Gasteiger partial charge < -0.3 is 14.6 Å². The Morgan fingerprint density at radius 3 is 1.47 bits per heavy atom. The summed E-state index contributed by atoms with van der Waals surface area (Å²) in [7, 11) is 0. The number of hydrogen-bond donors (Lipinski definition) is 1. The topological polar surface area (TPSA) is 55.8 Å². The number of aliphatic hydroxyl groups excluding tert-OH is 1. The summed E-state index contributed by atoms with van der Waals surface area (Å²) in [5.41, 5.74) is 0. The molecule has 0 aromatic carbocycles. The van der Waals surface area contributed by atoms with Gasteiger partial charge in [-0.3, -0.25) is 4.79 Å². The molecule has 4 heteroatoms. The fourth-order valence-electron chi connectivity index (χ4n) is 5.37. The Hall–Kier alpha value is -1.91. The van der Waals surface area contributed by atoms with E-state index in [0.29, 0.717) is 13.0 Å². The van der Waals surface area contributed by atoms with Crippen molar-refractivity contribution in [1.29, 1.82) is 0 Å². The van der Waals surface area contributed by atoms with E-state index in [1.807, 2.05) is 0 Å². The van der Waals surface area contributed by atoms with Crippen molar-refractivity contribution in [3.05, 3.63) is 60.8 Å². The van der Waals surface area contributed by atoms with Crippen LogP contribution in [0.1, 0.15) is 181 Å². The predicted molar refractivity (Wildman–Crippen MR) is 205 cm³/mol. The molecule has 0 rings (SSSR count). The Labute approximate surface area is 292 Å². The van der Waals surface area contributed by atoms with Crippen LogP contribution in [0.2, 0.25) is 0 Å². The smallest absolute Gasteiger partial charge is 0.306 e. The Morgan fingerprint density at radius 1 is 0.532 bits per heavy atom. The Morgan fingerprint density at radius 2 is 0.957 bits per heavy atom. The molecule has 4 nitrogen and oxygen atoms in total. The highest BCUT2D eigenvalue weighted by atomic mass is 16.6. The number of aliphatic hydroxyl groups is 1. The number of ether oxygens (including phenoxy) is 2. The van der Waals surface area contributed by atoms with Crippen molar-refractivity contribution in [1.82, 2.24) is 0 Å². The number of hydrogen-bond acceptors (Lipinski definition) is 4. The van der Waals surface area contributed by atoms with Crippen LogP contribution in [0, 0.1) is 0 Å². The highest BCUT2D eigenvalue weighted by molar-refractivity contribution is 5.69. The summed E-state index contributed by atoms with van der Waals surface area (Å²) in [4.78, 5) is 12.2. The fourth-order valence-corrected chi connectivity index (χ4v) is 5.37. The third-order valence-electron chi connectivity index (χ3n) is 8.33. The molecular formula is C43H76O4. The van der Waals surface area contributed by atoms with Gasteiger partial charge in [0.25, 0.3) is 0 Å². The second-order valence-electron chi connectivity index (χ2n) is 13.0. The largest absolute Gasteiger partial charge is 0.457 e. The molecule has 1 N–H and O–H groups in total. The maximum absolute atomic E-state index is 12.2. The monoisotopic (exact) mass is 657 g/mol. The number of esters is 1. The average Bonchev–Trinajstić information content (AvgIpc) is 3.08. The van der Waals surface area contributed by atoms with Gasteiger partial charge in [-0.2, -0.15) is 0 Å². The van der Waals surface area contributed by atoms with Crippen LogP contribution in [0.5, 0.6) is 0 Å². The number of carbonyl (C=O) groups is 1. The van der Waals surface area contributed by atoms with Crippen molar-refractivity contribution in [3.8, 4) is 0 Å². The lowest BCUT2D eigenvalue weighted by molar-refractivity contribution is -0.154. The number of unbranched alkanes of at least 4 members (excludes halogenated alkanes) is 18. The van der Waals surface area contributed by atoms with Gasteiger partial charge in [-0.25, -0.2) is 0 Å². The number of allylic oxidation sites excluding steroid dienone is 10. The van der Waals surface area contributed by atoms with E-state index in [-0.39, 0.29) is 19.2 Å². The molecule has 0 amide bonds. The molecule has 0 aliphatic rings. The third kappa shape index (κ3) is 38.4. The van der Waals surface area contributed by atoms with Crippen LogP contribution in [0.15, 0.2) is 60.8 Å². The Kier molecular flexibility index (Phi) is 38.6. The van der Waals surface area contributed by atoms with Gasteiger partial charge in [0.05, 0.1) is 13.2 Å². The lowest BCUT2D eigenvalue weighted by Crippen LogP contribution is -2.27. The third-order valence-corrected chi connectivity index (χ3v) is 8.33. The highest BCUT2D eigenvalue weighted by Gasteiger charge is 2.13. The minimum absolute atomic E-state index is 0.182. The van der Waals surface area contributed by atoms with E-state index in [4.69, 9.17) is 9.47 Å². The van der Waals surface area contributed by atoms with Crippen LogP contribution in [0.4, 0.5) is 0 Å². The fraction of sp³-hybridized carbons (Fsp3) is 0.744. The maximum Gasteiger partial charge on any atom is 0.306 e. The summed E-state index contributed by atoms with van der Waals surface area (Å²) in [6, 6.07) is 0. The molecule has 0 bridgehead atoms. The van der Waals surface area contributed by atoms with Gasteiger partial charge >= 0.3 is 5.97 Å². The van der Waals surface area contributed by atoms with Gasteiger partial charge in [-0.15, -0.1) is 0 Å². The molecule has 0 aliphatic heterocycles. The van der Waals surface area contributed by atoms with E-state index in [1.165, 1.54) is 103 Å². The molecule has 1 unspecified atom stereocenters. The highest BCUT2D eigenvalue weighted by Crippen LogP contribution is 2.12. The first-order valence-corrected chi connectivity index (χ1v) is 19.9. The summed E-state index contributed by atoms with van der Waals surface area (Å²) in [6.45, 7) is 5.19. The van der Waals surface area contributed by atoms with E-state index in [2.05, 4.69) is 74.6 Å². The van der Waals surface area contributed by atoms with Crippen molar-refractivity contribution < 1.29 is 19.4 Å². The molecule has 0 spiro atoms. The summed E-state index contributed by atoms with van der Waals surface area (Å²) in [5.74, 6) is -0.215. The minimum Gasteiger partial charge on any atom is -0.457 e. The molecule has 1 atom stereocenters. The zero-order chi connectivity index (χ0) is 34.1. The lowest BCUT2D eigenvalue weighted by Gasteiger charge is -2.15. The lowest BCUT2D eigenvalue weighted by atomic mass is 10.1. The standard InChI is InChI=1S/C43H76O4/c1-3-5-7-9-11-13-15-17-19-20-21-22-23-25-27-29-31-33-35-37-39-46-41-42(40-44)47-43(45)38-36-34-32-30-28-26-24-18-16-14-12-10-8-6-4-2/h5,7,11,13,17-19,21-22,24,42,44H,3-4,6,8-10,12,14-16,20,23,25-41H2,1-2H3/b7-5-,13-11-,19-17-,22-21-,24-18-. The maximum atomic E-state index is 12.2. The molecule has 0 saturated carbocycles. The zero-order valence-corrected chi connectivity index (χ0v) is 31.0. The Balaban J connectivity index is 3.49. The van der Waals surface area contributed by atoms with Gasteiger partial charge in [-0.05, 0) is 77.0 Å². The molecule has 272 valence electrons. The van der Waals surface area contributed by atoms with E-state index < -0.39 is 6.10 Å². The van der Waals surface area contributed by atoms with Crippen LogP contribution in [0.3, 0.4) is 0 Å². The van der Waals surface area contributed by atoms with Crippen LogP contribution in [-0.2, 0) is 14.3 Å². The normalized spacial score (nSPS) is 13.0. The Bertz CT molecular complexity index is 779. The van der Waals surface area contributed by atoms with Crippen molar-refractivity contribution in [2.75, 3.05) is 19.8 Å². The second-order valence-corrected chi connectivity index (χ2v) is 13.0. The van der Waals surface area contributed by atoms with Gasteiger partial charge in [0.2, 0.25) is 0 Å². The summed E-state index contributed by atoms with van der Waals surface area (Å²) in [5, 5.41) is 9.58. The second kappa shape index (κ2) is 40.3. The van der Waals surface area contributed by atoms with E-state index in [9.17, 15) is 9.90 Å². The molecule has 0 radical (unpaired) electrons. The van der Waals surface area contributed by atoms with Crippen molar-refractivity contribution in [2.24, 2.45) is 0 Å². The molecule has 0 aromatic rings. The van der Waals surface area contributed by atoms with Gasteiger partial charge in [-0.1, -0.05) is 158 Å². The van der Waals surface area contributed by atoms with Crippen LogP contribution in [-0.4, -0.2) is 37.0 Å².